The zero-order chi connectivity index (χ0) is 9.26. The van der Waals surface area contributed by atoms with Gasteiger partial charge in [-0.2, -0.15) is 0 Å². The third-order valence-electron chi connectivity index (χ3n) is 2.45. The highest BCUT2D eigenvalue weighted by molar-refractivity contribution is 5.19. The molecule has 1 heterocycles. The molecule has 0 N–H and O–H groups in total. The summed E-state index contributed by atoms with van der Waals surface area (Å²) in [5.74, 6) is -0.180. The van der Waals surface area contributed by atoms with E-state index in [1.54, 1.807) is 12.1 Å². The number of rotatable bonds is 1. The zero-order valence-corrected chi connectivity index (χ0v) is 7.66. The van der Waals surface area contributed by atoms with Gasteiger partial charge in [0.15, 0.2) is 0 Å². The third kappa shape index (κ3) is 1.89. The summed E-state index contributed by atoms with van der Waals surface area (Å²) in [7, 11) is 0. The van der Waals surface area contributed by atoms with Gasteiger partial charge in [0.25, 0.3) is 0 Å². The van der Waals surface area contributed by atoms with E-state index in [0.29, 0.717) is 6.10 Å². The van der Waals surface area contributed by atoms with E-state index < -0.39 is 0 Å². The Labute approximate surface area is 77.5 Å². The van der Waals surface area contributed by atoms with Crippen LogP contribution in [0.15, 0.2) is 24.3 Å². The van der Waals surface area contributed by atoms with Gasteiger partial charge in [0.1, 0.15) is 5.82 Å². The lowest BCUT2D eigenvalue weighted by Crippen LogP contribution is -2.00. The molecule has 0 bridgehead atoms. The Bertz CT molecular complexity index is 298. The molecule has 0 unspecified atom stereocenters. The first kappa shape index (κ1) is 8.70. The monoisotopic (exact) mass is 180 g/mol. The normalized spacial score (nSPS) is 27.8. The predicted molar refractivity (Wildman–Crippen MR) is 48.9 cm³/mol. The third-order valence-corrected chi connectivity index (χ3v) is 2.45. The van der Waals surface area contributed by atoms with Crippen molar-refractivity contribution >= 4 is 0 Å². The van der Waals surface area contributed by atoms with E-state index in [-0.39, 0.29) is 11.9 Å². The molecule has 1 nitrogen and oxygen atoms in total. The molecule has 0 spiro atoms. The smallest absolute Gasteiger partial charge is 0.123 e. The molecule has 0 saturated carbocycles. The highest BCUT2D eigenvalue weighted by atomic mass is 19.1. The second-order valence-electron chi connectivity index (χ2n) is 3.57. The van der Waals surface area contributed by atoms with Crippen LogP contribution in [0, 0.1) is 5.82 Å². The quantitative estimate of drug-likeness (QED) is 0.645. The summed E-state index contributed by atoms with van der Waals surface area (Å²) in [6.07, 6.45) is 2.49. The van der Waals surface area contributed by atoms with Crippen molar-refractivity contribution in [3.63, 3.8) is 0 Å². The van der Waals surface area contributed by atoms with Crippen LogP contribution < -0.4 is 0 Å². The van der Waals surface area contributed by atoms with E-state index >= 15 is 0 Å². The summed E-state index contributed by atoms with van der Waals surface area (Å²) in [5, 5.41) is 0. The molecule has 2 rings (SSSR count). The molecule has 1 aromatic rings. The molecule has 13 heavy (non-hydrogen) atoms. The molecule has 0 radical (unpaired) electrons. The summed E-state index contributed by atoms with van der Waals surface area (Å²) in [6.45, 7) is 2.05. The average molecular weight is 180 g/mol. The summed E-state index contributed by atoms with van der Waals surface area (Å²) >= 11 is 0. The summed E-state index contributed by atoms with van der Waals surface area (Å²) in [4.78, 5) is 0. The van der Waals surface area contributed by atoms with Crippen molar-refractivity contribution in [3.8, 4) is 0 Å². The molecule has 2 heteroatoms. The first-order valence-corrected chi connectivity index (χ1v) is 4.66. The lowest BCUT2D eigenvalue weighted by Gasteiger charge is -2.10. The molecule has 70 valence electrons. The number of hydrogen-bond donors (Lipinski definition) is 0. The van der Waals surface area contributed by atoms with Crippen molar-refractivity contribution in [2.24, 2.45) is 0 Å². The van der Waals surface area contributed by atoms with Crippen LogP contribution in [-0.2, 0) is 4.74 Å². The summed E-state index contributed by atoms with van der Waals surface area (Å²) in [6, 6.07) is 6.67. The van der Waals surface area contributed by atoms with E-state index in [1.807, 2.05) is 6.07 Å². The maximum Gasteiger partial charge on any atom is 0.123 e. The lowest BCUT2D eigenvalue weighted by molar-refractivity contribution is 0.0554. The molecule has 1 aromatic carbocycles. The Balaban J connectivity index is 2.16. The highest BCUT2D eigenvalue weighted by Gasteiger charge is 2.23. The Morgan fingerprint density at radius 1 is 1.38 bits per heavy atom. The van der Waals surface area contributed by atoms with Gasteiger partial charge in [0.05, 0.1) is 12.2 Å². The fourth-order valence-electron chi connectivity index (χ4n) is 1.75. The van der Waals surface area contributed by atoms with Gasteiger partial charge >= 0.3 is 0 Å². The molecule has 1 aliphatic heterocycles. The van der Waals surface area contributed by atoms with E-state index in [4.69, 9.17) is 4.74 Å². The Morgan fingerprint density at radius 3 is 2.85 bits per heavy atom. The molecule has 0 amide bonds. The minimum atomic E-state index is -0.180. The molecule has 1 fully saturated rings. The summed E-state index contributed by atoms with van der Waals surface area (Å²) < 4.78 is 18.5. The Hall–Kier alpha value is -0.890. The lowest BCUT2D eigenvalue weighted by atomic mass is 10.1. The molecular formula is C11H13FO. The van der Waals surface area contributed by atoms with Crippen molar-refractivity contribution < 1.29 is 9.13 Å². The van der Waals surface area contributed by atoms with Gasteiger partial charge in [-0.25, -0.2) is 4.39 Å². The fourth-order valence-corrected chi connectivity index (χ4v) is 1.75. The molecule has 2 atom stereocenters. The van der Waals surface area contributed by atoms with Crippen molar-refractivity contribution in [3.05, 3.63) is 35.6 Å². The topological polar surface area (TPSA) is 9.23 Å². The number of halogens is 1. The van der Waals surface area contributed by atoms with Crippen LogP contribution in [-0.4, -0.2) is 6.10 Å². The second-order valence-corrected chi connectivity index (χ2v) is 3.57. The fraction of sp³-hybridized carbons (Fsp3) is 0.455. The van der Waals surface area contributed by atoms with Crippen molar-refractivity contribution in [1.29, 1.82) is 0 Å². The van der Waals surface area contributed by atoms with Crippen molar-refractivity contribution in [1.82, 2.24) is 0 Å². The molecule has 1 aliphatic rings. The first-order valence-electron chi connectivity index (χ1n) is 4.66. The van der Waals surface area contributed by atoms with Crippen LogP contribution >= 0.6 is 0 Å². The van der Waals surface area contributed by atoms with E-state index in [9.17, 15) is 4.39 Å². The minimum absolute atomic E-state index is 0.102. The maximum atomic E-state index is 12.9. The largest absolute Gasteiger partial charge is 0.371 e. The standard InChI is InChI=1S/C11H13FO/c1-8-5-6-11(13-8)9-3-2-4-10(12)7-9/h2-4,7-8,11H,5-6H2,1H3/t8-,11-/m0/s1. The van der Waals surface area contributed by atoms with Crippen LogP contribution in [0.4, 0.5) is 4.39 Å². The van der Waals surface area contributed by atoms with Gasteiger partial charge in [0, 0.05) is 0 Å². The van der Waals surface area contributed by atoms with Crippen molar-refractivity contribution in [2.75, 3.05) is 0 Å². The SMILES string of the molecule is C[C@H]1CC[C@@H](c2cccc(F)c2)O1. The predicted octanol–water partition coefficient (Wildman–Crippen LogP) is 3.07. The number of benzene rings is 1. The van der Waals surface area contributed by atoms with E-state index in [2.05, 4.69) is 6.92 Å². The average Bonchev–Trinajstić information content (AvgIpc) is 2.52. The second kappa shape index (κ2) is 3.46. The molecule has 0 aliphatic carbocycles. The van der Waals surface area contributed by atoms with Gasteiger partial charge < -0.3 is 4.74 Å². The highest BCUT2D eigenvalue weighted by Crippen LogP contribution is 2.32. The summed E-state index contributed by atoms with van der Waals surface area (Å²) in [5.41, 5.74) is 0.962. The van der Waals surface area contributed by atoms with Crippen LogP contribution in [0.5, 0.6) is 0 Å². The van der Waals surface area contributed by atoms with Gasteiger partial charge in [0.2, 0.25) is 0 Å². The minimum Gasteiger partial charge on any atom is -0.371 e. The Morgan fingerprint density at radius 2 is 2.23 bits per heavy atom. The van der Waals surface area contributed by atoms with Gasteiger partial charge in [-0.1, -0.05) is 12.1 Å². The van der Waals surface area contributed by atoms with Gasteiger partial charge in [-0.15, -0.1) is 0 Å². The van der Waals surface area contributed by atoms with Crippen LogP contribution in [0.25, 0.3) is 0 Å². The van der Waals surface area contributed by atoms with E-state index in [1.165, 1.54) is 6.07 Å². The molecule has 1 saturated heterocycles. The van der Waals surface area contributed by atoms with Gasteiger partial charge in [-0.05, 0) is 37.5 Å². The number of hydrogen-bond acceptors (Lipinski definition) is 1. The van der Waals surface area contributed by atoms with E-state index in [0.717, 1.165) is 18.4 Å². The first-order chi connectivity index (χ1) is 6.25. The van der Waals surface area contributed by atoms with Crippen LogP contribution in [0.2, 0.25) is 0 Å². The van der Waals surface area contributed by atoms with Crippen LogP contribution in [0.3, 0.4) is 0 Å². The molecular weight excluding hydrogens is 167 g/mol. The molecule has 0 aromatic heterocycles. The van der Waals surface area contributed by atoms with Crippen molar-refractivity contribution in [2.45, 2.75) is 32.0 Å². The van der Waals surface area contributed by atoms with Gasteiger partial charge in [-0.3, -0.25) is 0 Å². The number of ether oxygens (including phenoxy) is 1. The zero-order valence-electron chi connectivity index (χ0n) is 7.66. The Kier molecular flexibility index (Phi) is 2.32. The maximum absolute atomic E-state index is 12.9. The van der Waals surface area contributed by atoms with Crippen LogP contribution in [0.1, 0.15) is 31.4 Å².